The average molecular weight is 368 g/mol. The Kier molecular flexibility index (Phi) is 4.23. The number of nitrogens with zero attached hydrogens (tertiary/aromatic N) is 3. The van der Waals surface area contributed by atoms with Gasteiger partial charge in [-0.25, -0.2) is 13.8 Å². The zero-order valence-corrected chi connectivity index (χ0v) is 15.6. The maximum atomic E-state index is 13.4. The SMILES string of the molecule is CN1CCn2c(nc(-c3ccc(F)cc3)c2Nc2ccc(F)cc2)C1(C)C. The van der Waals surface area contributed by atoms with E-state index in [1.54, 1.807) is 24.3 Å². The van der Waals surface area contributed by atoms with Crippen molar-refractivity contribution in [2.24, 2.45) is 0 Å². The molecule has 1 N–H and O–H groups in total. The molecule has 0 bridgehead atoms. The number of benzene rings is 2. The van der Waals surface area contributed by atoms with Crippen LogP contribution in [-0.2, 0) is 12.1 Å². The monoisotopic (exact) mass is 368 g/mol. The maximum Gasteiger partial charge on any atom is 0.138 e. The number of nitrogens with one attached hydrogen (secondary N) is 1. The fourth-order valence-corrected chi connectivity index (χ4v) is 3.44. The highest BCUT2D eigenvalue weighted by molar-refractivity contribution is 5.76. The first-order chi connectivity index (χ1) is 12.9. The standard InChI is InChI=1S/C21H22F2N4/c1-21(2)20-25-18(14-4-6-15(22)7-5-14)19(27(20)13-12-26(21)3)24-17-10-8-16(23)9-11-17/h4-11,24H,12-13H2,1-3H3. The minimum absolute atomic E-state index is 0.240. The number of anilines is 2. The van der Waals surface area contributed by atoms with Crippen LogP contribution in [0.1, 0.15) is 19.7 Å². The van der Waals surface area contributed by atoms with E-state index in [0.717, 1.165) is 41.7 Å². The lowest BCUT2D eigenvalue weighted by molar-refractivity contribution is 0.111. The van der Waals surface area contributed by atoms with E-state index in [1.165, 1.54) is 24.3 Å². The van der Waals surface area contributed by atoms with Crippen LogP contribution < -0.4 is 5.32 Å². The molecule has 27 heavy (non-hydrogen) atoms. The minimum atomic E-state index is -0.282. The van der Waals surface area contributed by atoms with E-state index in [0.29, 0.717) is 0 Å². The van der Waals surface area contributed by atoms with Crippen molar-refractivity contribution in [2.75, 3.05) is 18.9 Å². The van der Waals surface area contributed by atoms with Crippen molar-refractivity contribution in [3.8, 4) is 11.3 Å². The summed E-state index contributed by atoms with van der Waals surface area (Å²) in [4.78, 5) is 7.20. The van der Waals surface area contributed by atoms with Gasteiger partial charge in [-0.15, -0.1) is 0 Å². The molecule has 0 atom stereocenters. The molecule has 1 aromatic heterocycles. The van der Waals surface area contributed by atoms with Gasteiger partial charge in [0.1, 0.15) is 29.0 Å². The molecule has 0 aliphatic carbocycles. The number of imidazole rings is 1. The van der Waals surface area contributed by atoms with Crippen LogP contribution in [0.4, 0.5) is 20.3 Å². The number of aromatic nitrogens is 2. The number of hydrogen-bond acceptors (Lipinski definition) is 3. The Morgan fingerprint density at radius 1 is 0.926 bits per heavy atom. The molecule has 1 aliphatic rings. The number of likely N-dealkylation sites (N-methyl/N-ethyl adjacent to an activating group) is 1. The Morgan fingerprint density at radius 2 is 1.52 bits per heavy atom. The van der Waals surface area contributed by atoms with Crippen molar-refractivity contribution < 1.29 is 8.78 Å². The van der Waals surface area contributed by atoms with Crippen LogP contribution >= 0.6 is 0 Å². The molecule has 2 heterocycles. The molecule has 2 aromatic carbocycles. The summed E-state index contributed by atoms with van der Waals surface area (Å²) in [6.45, 7) is 5.95. The largest absolute Gasteiger partial charge is 0.340 e. The highest BCUT2D eigenvalue weighted by Gasteiger charge is 2.37. The molecule has 140 valence electrons. The van der Waals surface area contributed by atoms with Crippen LogP contribution in [0.2, 0.25) is 0 Å². The quantitative estimate of drug-likeness (QED) is 0.724. The summed E-state index contributed by atoms with van der Waals surface area (Å²) in [7, 11) is 2.09. The second-order valence-electron chi connectivity index (χ2n) is 7.40. The van der Waals surface area contributed by atoms with Gasteiger partial charge < -0.3 is 9.88 Å². The van der Waals surface area contributed by atoms with E-state index in [2.05, 4.69) is 35.7 Å². The topological polar surface area (TPSA) is 33.1 Å². The summed E-state index contributed by atoms with van der Waals surface area (Å²) in [5.41, 5.74) is 2.13. The molecule has 1 aliphatic heterocycles. The summed E-state index contributed by atoms with van der Waals surface area (Å²) in [5, 5.41) is 3.40. The van der Waals surface area contributed by atoms with Gasteiger partial charge in [-0.1, -0.05) is 0 Å². The fraction of sp³-hybridized carbons (Fsp3) is 0.286. The van der Waals surface area contributed by atoms with Crippen LogP contribution in [0.5, 0.6) is 0 Å². The van der Waals surface area contributed by atoms with Crippen LogP contribution in [0.15, 0.2) is 48.5 Å². The first-order valence-corrected chi connectivity index (χ1v) is 8.97. The van der Waals surface area contributed by atoms with Crippen LogP contribution in [0.3, 0.4) is 0 Å². The van der Waals surface area contributed by atoms with E-state index >= 15 is 0 Å². The Labute approximate surface area is 157 Å². The molecule has 0 spiro atoms. The Hall–Kier alpha value is -2.73. The molecule has 0 saturated carbocycles. The van der Waals surface area contributed by atoms with Crippen molar-refractivity contribution in [2.45, 2.75) is 25.9 Å². The van der Waals surface area contributed by atoms with Gasteiger partial charge in [0.15, 0.2) is 0 Å². The molecule has 0 unspecified atom stereocenters. The highest BCUT2D eigenvalue weighted by atomic mass is 19.1. The molecular weight excluding hydrogens is 346 g/mol. The smallest absolute Gasteiger partial charge is 0.138 e. The van der Waals surface area contributed by atoms with E-state index in [9.17, 15) is 8.78 Å². The van der Waals surface area contributed by atoms with Crippen LogP contribution in [-0.4, -0.2) is 28.0 Å². The molecule has 4 nitrogen and oxygen atoms in total. The van der Waals surface area contributed by atoms with Gasteiger partial charge in [0, 0.05) is 24.3 Å². The van der Waals surface area contributed by atoms with Crippen molar-refractivity contribution in [3.63, 3.8) is 0 Å². The zero-order chi connectivity index (χ0) is 19.2. The highest BCUT2D eigenvalue weighted by Crippen LogP contribution is 2.38. The van der Waals surface area contributed by atoms with Gasteiger partial charge in [-0.05, 0) is 69.4 Å². The molecule has 0 saturated heterocycles. The van der Waals surface area contributed by atoms with Gasteiger partial charge in [0.05, 0.1) is 5.54 Å². The van der Waals surface area contributed by atoms with Crippen molar-refractivity contribution >= 4 is 11.5 Å². The van der Waals surface area contributed by atoms with E-state index in [4.69, 9.17) is 4.98 Å². The lowest BCUT2D eigenvalue weighted by Gasteiger charge is -2.39. The van der Waals surface area contributed by atoms with Crippen LogP contribution in [0.25, 0.3) is 11.3 Å². The molecule has 6 heteroatoms. The van der Waals surface area contributed by atoms with Crippen molar-refractivity contribution in [1.29, 1.82) is 0 Å². The normalized spacial score (nSPS) is 16.2. The number of hydrogen-bond donors (Lipinski definition) is 1. The molecule has 0 amide bonds. The lowest BCUT2D eigenvalue weighted by atomic mass is 10.0. The first kappa shape index (κ1) is 17.7. The van der Waals surface area contributed by atoms with E-state index < -0.39 is 0 Å². The number of rotatable bonds is 3. The molecule has 0 radical (unpaired) electrons. The van der Waals surface area contributed by atoms with Gasteiger partial charge in [0.2, 0.25) is 0 Å². The summed E-state index contributed by atoms with van der Waals surface area (Å²) >= 11 is 0. The summed E-state index contributed by atoms with van der Waals surface area (Å²) in [6, 6.07) is 12.6. The lowest BCUT2D eigenvalue weighted by Crippen LogP contribution is -2.46. The third kappa shape index (κ3) is 3.10. The van der Waals surface area contributed by atoms with Gasteiger partial charge in [-0.3, -0.25) is 4.90 Å². The molecule has 0 fully saturated rings. The minimum Gasteiger partial charge on any atom is -0.340 e. The molecular formula is C21H22F2N4. The predicted octanol–water partition coefficient (Wildman–Crippen LogP) is 4.75. The third-order valence-corrected chi connectivity index (χ3v) is 5.35. The van der Waals surface area contributed by atoms with Gasteiger partial charge >= 0.3 is 0 Å². The Bertz CT molecular complexity index is 959. The Morgan fingerprint density at radius 3 is 2.15 bits per heavy atom. The predicted molar refractivity (Wildman–Crippen MR) is 103 cm³/mol. The summed E-state index contributed by atoms with van der Waals surface area (Å²) in [6.07, 6.45) is 0. The second kappa shape index (κ2) is 6.46. The van der Waals surface area contributed by atoms with E-state index in [-0.39, 0.29) is 17.2 Å². The van der Waals surface area contributed by atoms with Crippen molar-refractivity contribution in [1.82, 2.24) is 14.5 Å². The van der Waals surface area contributed by atoms with Crippen LogP contribution in [0, 0.1) is 11.6 Å². The summed E-state index contributed by atoms with van der Waals surface area (Å²) < 4.78 is 28.9. The third-order valence-electron chi connectivity index (χ3n) is 5.35. The Balaban J connectivity index is 1.86. The second-order valence-corrected chi connectivity index (χ2v) is 7.40. The zero-order valence-electron chi connectivity index (χ0n) is 15.6. The fourth-order valence-electron chi connectivity index (χ4n) is 3.44. The molecule has 3 aromatic rings. The summed E-state index contributed by atoms with van der Waals surface area (Å²) in [5.74, 6) is 1.22. The number of halogens is 2. The first-order valence-electron chi connectivity index (χ1n) is 8.97. The van der Waals surface area contributed by atoms with Gasteiger partial charge in [0.25, 0.3) is 0 Å². The van der Waals surface area contributed by atoms with Gasteiger partial charge in [-0.2, -0.15) is 0 Å². The molecule has 4 rings (SSSR count). The number of fused-ring (bicyclic) bond motifs is 1. The average Bonchev–Trinajstić information content (AvgIpc) is 3.01. The maximum absolute atomic E-state index is 13.4. The van der Waals surface area contributed by atoms with E-state index in [1.807, 2.05) is 0 Å². The van der Waals surface area contributed by atoms with Crippen molar-refractivity contribution in [3.05, 3.63) is 66.0 Å².